The average Bonchev–Trinajstić information content (AvgIpc) is 3.19. The Bertz CT molecular complexity index is 531. The molecule has 2 heterocycles. The average molecular weight is 260 g/mol. The molecular weight excluding hydrogens is 248 g/mol. The first-order valence-electron chi connectivity index (χ1n) is 5.97. The van der Waals surface area contributed by atoms with Crippen LogP contribution in [0.1, 0.15) is 12.0 Å². The van der Waals surface area contributed by atoms with Crippen molar-refractivity contribution in [2.24, 2.45) is 0 Å². The Morgan fingerprint density at radius 1 is 1.11 bits per heavy atom. The van der Waals surface area contributed by atoms with Gasteiger partial charge in [-0.1, -0.05) is 30.3 Å². The zero-order valence-electron chi connectivity index (χ0n) is 10.0. The number of imide groups is 2. The molecule has 4 amide bonds. The minimum Gasteiger partial charge on any atom is -0.373 e. The topological polar surface area (TPSA) is 87.8 Å². The van der Waals surface area contributed by atoms with E-state index >= 15 is 0 Å². The molecule has 1 aromatic carbocycles. The predicted molar refractivity (Wildman–Crippen MR) is 64.2 cm³/mol. The van der Waals surface area contributed by atoms with E-state index in [1.54, 1.807) is 30.3 Å². The summed E-state index contributed by atoms with van der Waals surface area (Å²) in [4.78, 5) is 35.7. The van der Waals surface area contributed by atoms with Crippen molar-refractivity contribution in [1.29, 1.82) is 0 Å². The molecule has 2 aliphatic rings. The van der Waals surface area contributed by atoms with Gasteiger partial charge in [-0.3, -0.25) is 20.2 Å². The quantitative estimate of drug-likeness (QED) is 0.595. The summed E-state index contributed by atoms with van der Waals surface area (Å²) in [6, 6.07) is 7.94. The Morgan fingerprint density at radius 3 is 2.21 bits per heavy atom. The monoisotopic (exact) mass is 260 g/mol. The minimum absolute atomic E-state index is 0.120. The van der Waals surface area contributed by atoms with Crippen LogP contribution < -0.4 is 10.6 Å². The molecule has 1 aromatic rings. The summed E-state index contributed by atoms with van der Waals surface area (Å²) in [7, 11) is 0. The lowest BCUT2D eigenvalue weighted by Crippen LogP contribution is -2.65. The summed E-state index contributed by atoms with van der Waals surface area (Å²) in [6.07, 6.45) is 0.118. The van der Waals surface area contributed by atoms with E-state index in [1.165, 1.54) is 0 Å². The highest BCUT2D eigenvalue weighted by Gasteiger charge is 2.54. The van der Waals surface area contributed by atoms with Crippen molar-refractivity contribution in [3.63, 3.8) is 0 Å². The van der Waals surface area contributed by atoms with Gasteiger partial charge in [-0.25, -0.2) is 4.79 Å². The molecule has 0 aromatic heterocycles. The summed E-state index contributed by atoms with van der Waals surface area (Å²) in [5.41, 5.74) is -0.830. The maximum Gasteiger partial charge on any atom is 0.328 e. The molecule has 2 saturated heterocycles. The van der Waals surface area contributed by atoms with Crippen molar-refractivity contribution < 1.29 is 19.1 Å². The van der Waals surface area contributed by atoms with Crippen LogP contribution >= 0.6 is 0 Å². The summed E-state index contributed by atoms with van der Waals surface area (Å²) in [5, 5.41) is 4.33. The lowest BCUT2D eigenvalue weighted by atomic mass is 9.74. The fraction of sp³-hybridized carbons (Fsp3) is 0.308. The molecule has 1 atom stereocenters. The second-order valence-electron chi connectivity index (χ2n) is 4.67. The van der Waals surface area contributed by atoms with Crippen LogP contribution in [0.5, 0.6) is 0 Å². The second kappa shape index (κ2) is 4.17. The Labute approximate surface area is 109 Å². The number of carbonyl (C=O) groups excluding carboxylic acids is 3. The van der Waals surface area contributed by atoms with Gasteiger partial charge < -0.3 is 4.74 Å². The molecule has 6 heteroatoms. The van der Waals surface area contributed by atoms with Crippen LogP contribution in [0.15, 0.2) is 30.3 Å². The highest BCUT2D eigenvalue weighted by atomic mass is 16.6. The van der Waals surface area contributed by atoms with Gasteiger partial charge in [0, 0.05) is 6.42 Å². The lowest BCUT2D eigenvalue weighted by molar-refractivity contribution is -0.139. The molecule has 6 nitrogen and oxygen atoms in total. The van der Waals surface area contributed by atoms with E-state index in [4.69, 9.17) is 4.74 Å². The Kier molecular flexibility index (Phi) is 2.60. The number of urea groups is 1. The maximum absolute atomic E-state index is 12.3. The lowest BCUT2D eigenvalue weighted by Gasteiger charge is -2.33. The minimum atomic E-state index is -1.39. The largest absolute Gasteiger partial charge is 0.373 e. The van der Waals surface area contributed by atoms with Crippen LogP contribution in [0.25, 0.3) is 0 Å². The SMILES string of the molecule is O=C1NC(=O)C(CC2CO2)(c2ccccc2)C(=O)N1. The van der Waals surface area contributed by atoms with E-state index in [9.17, 15) is 14.4 Å². The highest BCUT2D eigenvalue weighted by molar-refractivity contribution is 6.23. The third kappa shape index (κ3) is 1.90. The fourth-order valence-electron chi connectivity index (χ4n) is 2.37. The maximum atomic E-state index is 12.3. The van der Waals surface area contributed by atoms with E-state index < -0.39 is 23.3 Å². The second-order valence-corrected chi connectivity index (χ2v) is 4.67. The van der Waals surface area contributed by atoms with E-state index in [0.29, 0.717) is 12.2 Å². The Morgan fingerprint density at radius 2 is 1.68 bits per heavy atom. The Hall–Kier alpha value is -2.21. The normalized spacial score (nSPS) is 24.6. The number of rotatable bonds is 3. The summed E-state index contributed by atoms with van der Waals surface area (Å²) in [5.74, 6) is -1.19. The molecule has 2 N–H and O–H groups in total. The van der Waals surface area contributed by atoms with Gasteiger partial charge in [0.25, 0.3) is 0 Å². The molecule has 3 rings (SSSR count). The van der Waals surface area contributed by atoms with E-state index in [1.807, 2.05) is 0 Å². The number of epoxide rings is 1. The van der Waals surface area contributed by atoms with E-state index in [-0.39, 0.29) is 12.5 Å². The molecule has 0 radical (unpaired) electrons. The number of amides is 4. The van der Waals surface area contributed by atoms with Crippen LogP contribution in [-0.4, -0.2) is 30.6 Å². The first-order chi connectivity index (χ1) is 9.13. The van der Waals surface area contributed by atoms with Gasteiger partial charge in [0.15, 0.2) is 5.41 Å². The molecular formula is C13H12N2O4. The van der Waals surface area contributed by atoms with Gasteiger partial charge in [0.05, 0.1) is 12.7 Å². The molecule has 0 bridgehead atoms. The van der Waals surface area contributed by atoms with Crippen molar-refractivity contribution in [3.8, 4) is 0 Å². The van der Waals surface area contributed by atoms with Crippen LogP contribution in [0.4, 0.5) is 4.79 Å². The number of nitrogens with one attached hydrogen (secondary N) is 2. The first-order valence-corrected chi connectivity index (χ1v) is 5.97. The molecule has 19 heavy (non-hydrogen) atoms. The molecule has 1 unspecified atom stereocenters. The van der Waals surface area contributed by atoms with Gasteiger partial charge in [-0.2, -0.15) is 0 Å². The molecule has 0 spiro atoms. The summed E-state index contributed by atoms with van der Waals surface area (Å²) < 4.78 is 5.14. The number of hydrogen-bond acceptors (Lipinski definition) is 4. The van der Waals surface area contributed by atoms with Gasteiger partial charge >= 0.3 is 6.03 Å². The smallest absolute Gasteiger partial charge is 0.328 e. The number of benzene rings is 1. The van der Waals surface area contributed by atoms with Crippen molar-refractivity contribution in [2.45, 2.75) is 17.9 Å². The van der Waals surface area contributed by atoms with Crippen LogP contribution in [0, 0.1) is 0 Å². The number of barbiturate groups is 1. The number of carbonyl (C=O) groups is 3. The Balaban J connectivity index is 2.07. The number of hydrogen-bond donors (Lipinski definition) is 2. The zero-order valence-corrected chi connectivity index (χ0v) is 10.0. The van der Waals surface area contributed by atoms with Crippen LogP contribution in [0.2, 0.25) is 0 Å². The molecule has 98 valence electrons. The van der Waals surface area contributed by atoms with Crippen molar-refractivity contribution in [1.82, 2.24) is 10.6 Å². The molecule has 0 saturated carbocycles. The predicted octanol–water partition coefficient (Wildman–Crippen LogP) is 0.0793. The molecule has 2 aliphatic heterocycles. The van der Waals surface area contributed by atoms with E-state index in [0.717, 1.165) is 0 Å². The standard InChI is InChI=1S/C13H12N2O4/c16-10-13(6-9-7-19-9,8-4-2-1-3-5-8)11(17)15-12(18)14-10/h1-5,9H,6-7H2,(H2,14,15,16,17,18). The van der Waals surface area contributed by atoms with Gasteiger partial charge in [-0.15, -0.1) is 0 Å². The summed E-state index contributed by atoms with van der Waals surface area (Å²) >= 11 is 0. The van der Waals surface area contributed by atoms with Crippen LogP contribution in [-0.2, 0) is 19.7 Å². The first kappa shape index (κ1) is 11.9. The van der Waals surface area contributed by atoms with Crippen molar-refractivity contribution in [2.75, 3.05) is 6.61 Å². The third-order valence-corrected chi connectivity index (χ3v) is 3.43. The zero-order chi connectivity index (χ0) is 13.5. The van der Waals surface area contributed by atoms with Gasteiger partial charge in [0.1, 0.15) is 0 Å². The van der Waals surface area contributed by atoms with Gasteiger partial charge in [-0.05, 0) is 5.56 Å². The summed E-state index contributed by atoms with van der Waals surface area (Å²) in [6.45, 7) is 0.531. The molecule has 0 aliphatic carbocycles. The van der Waals surface area contributed by atoms with Crippen molar-refractivity contribution in [3.05, 3.63) is 35.9 Å². The fourth-order valence-corrected chi connectivity index (χ4v) is 2.37. The molecule has 2 fully saturated rings. The van der Waals surface area contributed by atoms with Crippen LogP contribution in [0.3, 0.4) is 0 Å². The van der Waals surface area contributed by atoms with Gasteiger partial charge in [0.2, 0.25) is 11.8 Å². The van der Waals surface area contributed by atoms with Crippen molar-refractivity contribution >= 4 is 17.8 Å². The number of ether oxygens (including phenoxy) is 1. The highest BCUT2D eigenvalue weighted by Crippen LogP contribution is 2.35. The third-order valence-electron chi connectivity index (χ3n) is 3.43. The van der Waals surface area contributed by atoms with E-state index in [2.05, 4.69) is 10.6 Å².